The van der Waals surface area contributed by atoms with Gasteiger partial charge in [0, 0.05) is 12.1 Å². The van der Waals surface area contributed by atoms with Gasteiger partial charge in [-0.25, -0.2) is 0 Å². The second-order valence-corrected chi connectivity index (χ2v) is 9.10. The number of amides is 2. The quantitative estimate of drug-likeness (QED) is 0.417. The van der Waals surface area contributed by atoms with Crippen LogP contribution in [0.4, 0.5) is 11.4 Å². The highest BCUT2D eigenvalue weighted by Gasteiger charge is 2.42. The number of rotatable bonds is 4. The van der Waals surface area contributed by atoms with Crippen LogP contribution < -0.4 is 9.80 Å². The van der Waals surface area contributed by atoms with Crippen LogP contribution in [0.3, 0.4) is 0 Å². The average molecular weight is 463 g/mol. The molecule has 2 amide bonds. The van der Waals surface area contributed by atoms with Crippen LogP contribution in [0.2, 0.25) is 10.0 Å². The van der Waals surface area contributed by atoms with E-state index in [9.17, 15) is 9.59 Å². The number of unbranched alkanes of at least 4 members (excludes halogenated alkanes) is 1. The number of nitrogens with zero attached hydrogens (tertiary/aromatic N) is 2. The molecule has 4 rings (SSSR count). The summed E-state index contributed by atoms with van der Waals surface area (Å²) in [4.78, 5) is 30.0. The van der Waals surface area contributed by atoms with Crippen LogP contribution in [-0.4, -0.2) is 22.7 Å². The first-order valence-electron chi connectivity index (χ1n) is 9.11. The van der Waals surface area contributed by atoms with Crippen LogP contribution in [0.1, 0.15) is 25.3 Å². The van der Waals surface area contributed by atoms with Gasteiger partial charge >= 0.3 is 0 Å². The Hall–Kier alpha value is -1.86. The minimum absolute atomic E-state index is 0.158. The van der Waals surface area contributed by atoms with Gasteiger partial charge in [-0.1, -0.05) is 78.7 Å². The molecule has 0 spiro atoms. The molecule has 0 atom stereocenters. The minimum atomic E-state index is -0.325. The lowest BCUT2D eigenvalue weighted by Gasteiger charge is -2.16. The Balaban J connectivity index is 1.79. The van der Waals surface area contributed by atoms with E-state index in [1.54, 1.807) is 23.1 Å². The molecule has 1 saturated heterocycles. The summed E-state index contributed by atoms with van der Waals surface area (Å²) in [5, 5.41) is 0.726. The van der Waals surface area contributed by atoms with Crippen molar-refractivity contribution < 1.29 is 9.59 Å². The molecule has 0 aliphatic carbocycles. The molecule has 0 N–H and O–H groups in total. The SMILES string of the molecule is CCCCN1C(=O)C(=C2SC(=S)N(c3ccc(Cl)c(Cl)c3)C2=O)c2ccccc21. The molecule has 2 aliphatic heterocycles. The number of thioether (sulfide) groups is 1. The summed E-state index contributed by atoms with van der Waals surface area (Å²) in [6, 6.07) is 12.5. The lowest BCUT2D eigenvalue weighted by molar-refractivity contribution is -0.115. The first kappa shape index (κ1) is 20.4. The molecule has 0 bridgehead atoms. The third-order valence-electron chi connectivity index (χ3n) is 4.82. The third-order valence-corrected chi connectivity index (χ3v) is 6.93. The van der Waals surface area contributed by atoms with Gasteiger partial charge in [0.1, 0.15) is 0 Å². The van der Waals surface area contributed by atoms with E-state index < -0.39 is 0 Å². The molecule has 8 heteroatoms. The van der Waals surface area contributed by atoms with Crippen LogP contribution in [0.25, 0.3) is 5.57 Å². The number of fused-ring (bicyclic) bond motifs is 1. The van der Waals surface area contributed by atoms with Crippen molar-refractivity contribution in [3.8, 4) is 0 Å². The number of halogens is 2. The summed E-state index contributed by atoms with van der Waals surface area (Å²) < 4.78 is 0.355. The first-order chi connectivity index (χ1) is 13.9. The second-order valence-electron chi connectivity index (χ2n) is 6.64. The fraction of sp³-hybridized carbons (Fsp3) is 0.190. The Labute approximate surface area is 188 Å². The fourth-order valence-electron chi connectivity index (χ4n) is 3.40. The molecule has 2 aromatic rings. The van der Waals surface area contributed by atoms with Gasteiger partial charge < -0.3 is 4.90 Å². The molecular formula is C21H16Cl2N2O2S2. The maximum absolute atomic E-state index is 13.3. The number of para-hydroxylation sites is 1. The van der Waals surface area contributed by atoms with Crippen LogP contribution in [0.15, 0.2) is 47.4 Å². The predicted molar refractivity (Wildman–Crippen MR) is 125 cm³/mol. The Morgan fingerprint density at radius 1 is 1.03 bits per heavy atom. The standard InChI is InChI=1S/C21H16Cl2N2O2S2/c1-2-3-10-24-16-7-5-4-6-13(16)17(19(24)26)18-20(27)25(21(28)29-18)12-8-9-14(22)15(23)11-12/h4-9,11H,2-3,10H2,1H3. The normalized spacial score (nSPS) is 18.8. The van der Waals surface area contributed by atoms with Crippen molar-refractivity contribution in [3.63, 3.8) is 0 Å². The topological polar surface area (TPSA) is 40.6 Å². The molecule has 0 saturated carbocycles. The molecule has 2 aliphatic rings. The molecule has 29 heavy (non-hydrogen) atoms. The summed E-state index contributed by atoms with van der Waals surface area (Å²) in [5.41, 5.74) is 2.54. The highest BCUT2D eigenvalue weighted by molar-refractivity contribution is 8.27. The lowest BCUT2D eigenvalue weighted by atomic mass is 10.1. The zero-order valence-electron chi connectivity index (χ0n) is 15.4. The largest absolute Gasteiger partial charge is 0.308 e. The van der Waals surface area contributed by atoms with Crippen molar-refractivity contribution in [2.24, 2.45) is 0 Å². The second kappa shape index (κ2) is 8.11. The van der Waals surface area contributed by atoms with Crippen molar-refractivity contribution in [2.75, 3.05) is 16.3 Å². The summed E-state index contributed by atoms with van der Waals surface area (Å²) in [6.07, 6.45) is 1.86. The van der Waals surface area contributed by atoms with E-state index in [0.29, 0.717) is 37.1 Å². The van der Waals surface area contributed by atoms with E-state index in [2.05, 4.69) is 6.92 Å². The van der Waals surface area contributed by atoms with Gasteiger partial charge in [-0.2, -0.15) is 0 Å². The van der Waals surface area contributed by atoms with Gasteiger partial charge in [0.2, 0.25) is 0 Å². The monoisotopic (exact) mass is 462 g/mol. The van der Waals surface area contributed by atoms with Crippen LogP contribution >= 0.6 is 47.2 Å². The van der Waals surface area contributed by atoms with Crippen molar-refractivity contribution >= 4 is 80.3 Å². The maximum Gasteiger partial charge on any atom is 0.271 e. The molecule has 2 aromatic carbocycles. The Bertz CT molecular complexity index is 1080. The van der Waals surface area contributed by atoms with E-state index in [1.807, 2.05) is 24.3 Å². The molecule has 1 fully saturated rings. The van der Waals surface area contributed by atoms with Crippen LogP contribution in [0.5, 0.6) is 0 Å². The van der Waals surface area contributed by atoms with E-state index in [4.69, 9.17) is 35.4 Å². The van der Waals surface area contributed by atoms with Crippen molar-refractivity contribution in [1.82, 2.24) is 0 Å². The van der Waals surface area contributed by atoms with Crippen LogP contribution in [-0.2, 0) is 9.59 Å². The van der Waals surface area contributed by atoms with Gasteiger partial charge in [0.05, 0.1) is 31.9 Å². The highest BCUT2D eigenvalue weighted by atomic mass is 35.5. The van der Waals surface area contributed by atoms with E-state index in [1.165, 1.54) is 4.90 Å². The predicted octanol–water partition coefficient (Wildman–Crippen LogP) is 5.92. The van der Waals surface area contributed by atoms with Gasteiger partial charge in [0.25, 0.3) is 11.8 Å². The Kier molecular flexibility index (Phi) is 5.71. The summed E-state index contributed by atoms with van der Waals surface area (Å²) >= 11 is 18.7. The third kappa shape index (κ3) is 3.48. The van der Waals surface area contributed by atoms with Crippen molar-refractivity contribution in [3.05, 3.63) is 63.0 Å². The number of carbonyl (C=O) groups excluding carboxylic acids is 2. The fourth-order valence-corrected chi connectivity index (χ4v) is 5.07. The highest BCUT2D eigenvalue weighted by Crippen LogP contribution is 2.46. The minimum Gasteiger partial charge on any atom is -0.308 e. The van der Waals surface area contributed by atoms with Gasteiger partial charge in [-0.15, -0.1) is 0 Å². The van der Waals surface area contributed by atoms with Crippen LogP contribution in [0, 0.1) is 0 Å². The Morgan fingerprint density at radius 3 is 2.52 bits per heavy atom. The first-order valence-corrected chi connectivity index (χ1v) is 11.1. The number of hydrogen-bond acceptors (Lipinski definition) is 4. The summed E-state index contributed by atoms with van der Waals surface area (Å²) in [6.45, 7) is 2.69. The van der Waals surface area contributed by atoms with Gasteiger partial charge in [-0.05, 0) is 30.7 Å². The molecule has 0 radical (unpaired) electrons. The summed E-state index contributed by atoms with van der Waals surface area (Å²) in [5.74, 6) is -0.483. The molecule has 2 heterocycles. The van der Waals surface area contributed by atoms with E-state index >= 15 is 0 Å². The van der Waals surface area contributed by atoms with Crippen molar-refractivity contribution in [1.29, 1.82) is 0 Å². The van der Waals surface area contributed by atoms with Gasteiger partial charge in [0.15, 0.2) is 4.32 Å². The molecule has 148 valence electrons. The number of carbonyl (C=O) groups is 2. The smallest absolute Gasteiger partial charge is 0.271 e. The van der Waals surface area contributed by atoms with E-state index in [0.717, 1.165) is 35.9 Å². The zero-order valence-corrected chi connectivity index (χ0v) is 18.6. The zero-order chi connectivity index (χ0) is 20.7. The van der Waals surface area contributed by atoms with E-state index in [-0.39, 0.29) is 11.8 Å². The Morgan fingerprint density at radius 2 is 1.79 bits per heavy atom. The van der Waals surface area contributed by atoms with Gasteiger partial charge in [-0.3, -0.25) is 14.5 Å². The maximum atomic E-state index is 13.3. The average Bonchev–Trinajstić information content (AvgIpc) is 3.14. The molecule has 4 nitrogen and oxygen atoms in total. The number of hydrogen-bond donors (Lipinski definition) is 0. The molecule has 0 aromatic heterocycles. The van der Waals surface area contributed by atoms with Crippen molar-refractivity contribution in [2.45, 2.75) is 19.8 Å². The summed E-state index contributed by atoms with van der Waals surface area (Å²) in [7, 11) is 0. The molecule has 0 unspecified atom stereocenters. The molecular weight excluding hydrogens is 447 g/mol. The number of anilines is 2. The number of benzene rings is 2. The lowest BCUT2D eigenvalue weighted by Crippen LogP contribution is -2.29. The number of thiocarbonyl (C=S) groups is 1.